The van der Waals surface area contributed by atoms with Crippen molar-refractivity contribution < 1.29 is 4.79 Å². The summed E-state index contributed by atoms with van der Waals surface area (Å²) >= 11 is 0. The van der Waals surface area contributed by atoms with E-state index in [1.807, 2.05) is 11.8 Å². The van der Waals surface area contributed by atoms with E-state index in [0.29, 0.717) is 11.9 Å². The second-order valence-corrected chi connectivity index (χ2v) is 5.89. The number of carbonyl (C=O) groups is 1. The lowest BCUT2D eigenvalue weighted by atomic mass is 10.1. The van der Waals surface area contributed by atoms with Crippen LogP contribution in [-0.2, 0) is 4.79 Å². The van der Waals surface area contributed by atoms with Crippen molar-refractivity contribution in [3.63, 3.8) is 0 Å². The second kappa shape index (κ2) is 5.85. The molecule has 2 fully saturated rings. The van der Waals surface area contributed by atoms with E-state index in [2.05, 4.69) is 12.2 Å². The third-order valence-corrected chi connectivity index (χ3v) is 4.22. The van der Waals surface area contributed by atoms with Crippen molar-refractivity contribution in [2.45, 2.75) is 64.5 Å². The van der Waals surface area contributed by atoms with E-state index in [9.17, 15) is 4.79 Å². The Morgan fingerprint density at radius 2 is 1.94 bits per heavy atom. The minimum Gasteiger partial charge on any atom is -0.341 e. The molecular weight excluding hydrogens is 212 g/mol. The smallest absolute Gasteiger partial charge is 0.239 e. The van der Waals surface area contributed by atoms with Crippen LogP contribution in [0.3, 0.4) is 0 Å². The van der Waals surface area contributed by atoms with Crippen LogP contribution in [0.5, 0.6) is 0 Å². The van der Waals surface area contributed by atoms with Crippen molar-refractivity contribution in [2.24, 2.45) is 5.92 Å². The van der Waals surface area contributed by atoms with Crippen molar-refractivity contribution in [3.8, 4) is 0 Å². The predicted octanol–water partition coefficient (Wildman–Crippen LogP) is 2.17. The number of hydrogen-bond donors (Lipinski definition) is 1. The van der Waals surface area contributed by atoms with Gasteiger partial charge in [0.2, 0.25) is 5.91 Å². The van der Waals surface area contributed by atoms with Crippen LogP contribution in [-0.4, -0.2) is 36.0 Å². The van der Waals surface area contributed by atoms with Gasteiger partial charge in [-0.25, -0.2) is 0 Å². The molecule has 3 nitrogen and oxygen atoms in total. The van der Waals surface area contributed by atoms with E-state index >= 15 is 0 Å². The Bertz CT molecular complexity index is 261. The Morgan fingerprint density at radius 1 is 1.24 bits per heavy atom. The van der Waals surface area contributed by atoms with Gasteiger partial charge in [-0.1, -0.05) is 6.92 Å². The van der Waals surface area contributed by atoms with Gasteiger partial charge in [-0.3, -0.25) is 4.79 Å². The molecule has 1 aliphatic carbocycles. The zero-order valence-corrected chi connectivity index (χ0v) is 11.2. The first-order valence-corrected chi connectivity index (χ1v) is 7.21. The molecule has 3 heteroatoms. The highest BCUT2D eigenvalue weighted by atomic mass is 16.2. The molecule has 0 aromatic carbocycles. The molecule has 1 N–H and O–H groups in total. The Morgan fingerprint density at radius 3 is 2.53 bits per heavy atom. The molecule has 1 aliphatic heterocycles. The Labute approximate surface area is 105 Å². The Balaban J connectivity index is 1.78. The highest BCUT2D eigenvalue weighted by molar-refractivity contribution is 5.81. The van der Waals surface area contributed by atoms with Crippen molar-refractivity contribution in [2.75, 3.05) is 13.1 Å². The van der Waals surface area contributed by atoms with E-state index in [1.54, 1.807) is 0 Å². The fourth-order valence-corrected chi connectivity index (χ4v) is 3.17. The lowest BCUT2D eigenvalue weighted by Gasteiger charge is -2.30. The third kappa shape index (κ3) is 3.44. The molecule has 0 aromatic heterocycles. The number of piperidine rings is 1. The molecule has 3 atom stereocenters. The SMILES string of the molecule is CC1CCC(NC(C)C(=O)N2CCCCC2)C1. The fraction of sp³-hybridized carbons (Fsp3) is 0.929. The average Bonchev–Trinajstić information content (AvgIpc) is 2.75. The van der Waals surface area contributed by atoms with E-state index in [-0.39, 0.29) is 6.04 Å². The predicted molar refractivity (Wildman–Crippen MR) is 69.8 cm³/mol. The first-order chi connectivity index (χ1) is 8.16. The maximum atomic E-state index is 12.2. The van der Waals surface area contributed by atoms with Gasteiger partial charge in [-0.15, -0.1) is 0 Å². The van der Waals surface area contributed by atoms with Gasteiger partial charge in [-0.05, 0) is 51.4 Å². The molecule has 0 bridgehead atoms. The first kappa shape index (κ1) is 12.9. The topological polar surface area (TPSA) is 32.3 Å². The van der Waals surface area contributed by atoms with Crippen LogP contribution in [0.15, 0.2) is 0 Å². The van der Waals surface area contributed by atoms with Gasteiger partial charge in [0.1, 0.15) is 0 Å². The van der Waals surface area contributed by atoms with Crippen LogP contribution < -0.4 is 5.32 Å². The number of nitrogens with zero attached hydrogens (tertiary/aromatic N) is 1. The van der Waals surface area contributed by atoms with Gasteiger partial charge in [0.25, 0.3) is 0 Å². The van der Waals surface area contributed by atoms with Gasteiger partial charge in [0, 0.05) is 19.1 Å². The summed E-state index contributed by atoms with van der Waals surface area (Å²) in [5.74, 6) is 1.13. The van der Waals surface area contributed by atoms with E-state index in [4.69, 9.17) is 0 Å². The van der Waals surface area contributed by atoms with Gasteiger partial charge in [-0.2, -0.15) is 0 Å². The minimum absolute atomic E-state index is 0.00315. The minimum atomic E-state index is 0.00315. The highest BCUT2D eigenvalue weighted by Crippen LogP contribution is 2.25. The largest absolute Gasteiger partial charge is 0.341 e. The van der Waals surface area contributed by atoms with Crippen LogP contribution in [0.25, 0.3) is 0 Å². The summed E-state index contributed by atoms with van der Waals surface area (Å²) in [6.07, 6.45) is 7.42. The molecule has 98 valence electrons. The summed E-state index contributed by atoms with van der Waals surface area (Å²) in [5, 5.41) is 3.52. The number of carbonyl (C=O) groups excluding carboxylic acids is 1. The van der Waals surface area contributed by atoms with E-state index < -0.39 is 0 Å². The molecule has 0 radical (unpaired) electrons. The number of rotatable bonds is 3. The van der Waals surface area contributed by atoms with Crippen LogP contribution >= 0.6 is 0 Å². The van der Waals surface area contributed by atoms with Crippen molar-refractivity contribution >= 4 is 5.91 Å². The summed E-state index contributed by atoms with van der Waals surface area (Å²) in [5.41, 5.74) is 0. The Kier molecular flexibility index (Phi) is 4.43. The summed E-state index contributed by atoms with van der Waals surface area (Å²) < 4.78 is 0. The molecule has 1 saturated heterocycles. The van der Waals surface area contributed by atoms with Crippen molar-refractivity contribution in [3.05, 3.63) is 0 Å². The molecule has 3 unspecified atom stereocenters. The summed E-state index contributed by atoms with van der Waals surface area (Å²) in [7, 11) is 0. The maximum absolute atomic E-state index is 12.2. The average molecular weight is 238 g/mol. The van der Waals surface area contributed by atoms with Crippen LogP contribution in [0.1, 0.15) is 52.4 Å². The molecule has 0 aromatic rings. The molecule has 17 heavy (non-hydrogen) atoms. The molecule has 1 saturated carbocycles. The molecular formula is C14H26N2O. The zero-order valence-electron chi connectivity index (χ0n) is 11.2. The van der Waals surface area contributed by atoms with Crippen LogP contribution in [0.4, 0.5) is 0 Å². The normalized spacial score (nSPS) is 31.5. The Hall–Kier alpha value is -0.570. The number of nitrogens with one attached hydrogen (secondary N) is 1. The van der Waals surface area contributed by atoms with Crippen LogP contribution in [0.2, 0.25) is 0 Å². The molecule has 2 rings (SSSR count). The molecule has 1 heterocycles. The van der Waals surface area contributed by atoms with E-state index in [0.717, 1.165) is 19.0 Å². The fourth-order valence-electron chi connectivity index (χ4n) is 3.17. The monoisotopic (exact) mass is 238 g/mol. The first-order valence-electron chi connectivity index (χ1n) is 7.21. The van der Waals surface area contributed by atoms with Crippen LogP contribution in [0, 0.1) is 5.92 Å². The molecule has 0 spiro atoms. The summed E-state index contributed by atoms with van der Waals surface area (Å²) in [6.45, 7) is 6.26. The zero-order chi connectivity index (χ0) is 12.3. The number of hydrogen-bond acceptors (Lipinski definition) is 2. The summed E-state index contributed by atoms with van der Waals surface area (Å²) in [6, 6.07) is 0.567. The number of amides is 1. The van der Waals surface area contributed by atoms with Gasteiger partial charge in [0.15, 0.2) is 0 Å². The maximum Gasteiger partial charge on any atom is 0.239 e. The lowest BCUT2D eigenvalue weighted by molar-refractivity contribution is -0.134. The van der Waals surface area contributed by atoms with Gasteiger partial charge >= 0.3 is 0 Å². The van der Waals surface area contributed by atoms with Crippen molar-refractivity contribution in [1.82, 2.24) is 10.2 Å². The standard InChI is InChI=1S/C14H26N2O/c1-11-6-7-13(10-11)15-12(2)14(17)16-8-4-3-5-9-16/h11-13,15H,3-10H2,1-2H3. The quantitative estimate of drug-likeness (QED) is 0.817. The molecule has 1 amide bonds. The van der Waals surface area contributed by atoms with E-state index in [1.165, 1.54) is 38.5 Å². The molecule has 2 aliphatic rings. The highest BCUT2D eigenvalue weighted by Gasteiger charge is 2.27. The summed E-state index contributed by atoms with van der Waals surface area (Å²) in [4.78, 5) is 14.3. The van der Waals surface area contributed by atoms with Gasteiger partial charge < -0.3 is 10.2 Å². The van der Waals surface area contributed by atoms with Crippen molar-refractivity contribution in [1.29, 1.82) is 0 Å². The number of likely N-dealkylation sites (tertiary alicyclic amines) is 1. The lowest BCUT2D eigenvalue weighted by Crippen LogP contribution is -2.49. The third-order valence-electron chi connectivity index (χ3n) is 4.22. The second-order valence-electron chi connectivity index (χ2n) is 5.89. The van der Waals surface area contributed by atoms with Gasteiger partial charge in [0.05, 0.1) is 6.04 Å².